The van der Waals surface area contributed by atoms with E-state index in [1.807, 2.05) is 0 Å². The fraction of sp³-hybridized carbons (Fsp3) is 0. The van der Waals surface area contributed by atoms with Crippen molar-refractivity contribution in [2.75, 3.05) is 0 Å². The second kappa shape index (κ2) is 50.1. The maximum absolute atomic E-state index is 8.36. The Balaban J connectivity index is -0.0000000160. The zero-order chi connectivity index (χ0) is 5.41. The average molecular weight is 147 g/mol. The third-order valence-electron chi connectivity index (χ3n) is 0. The second-order valence-corrected chi connectivity index (χ2v) is 0.202. The monoisotopic (exact) mass is 147 g/mol. The molecule has 6 heteroatoms. The van der Waals surface area contributed by atoms with Gasteiger partial charge in [0.15, 0.2) is 0 Å². The minimum absolute atomic E-state index is 0. The normalized spacial score (nSPS) is 3.00. The van der Waals surface area contributed by atoms with Crippen LogP contribution in [0.4, 0.5) is 0 Å². The van der Waals surface area contributed by atoms with E-state index >= 15 is 0 Å². The molecule has 44 valence electrons. The van der Waals surface area contributed by atoms with Gasteiger partial charge in [-0.1, -0.05) is 0 Å². The molecule has 8 heavy (non-hydrogen) atoms. The van der Waals surface area contributed by atoms with Crippen molar-refractivity contribution in [3.63, 3.8) is 0 Å². The van der Waals surface area contributed by atoms with Crippen LogP contribution in [-0.2, 0) is 9.59 Å². The molecule has 0 aliphatic rings. The molecule has 0 aliphatic carbocycles. The van der Waals surface area contributed by atoms with Gasteiger partial charge < -0.3 is 21.2 Å². The molecule has 0 spiro atoms. The average Bonchev–Trinajstić information content (AvgIpc) is 1.39. The fourth-order valence-corrected chi connectivity index (χ4v) is 0. The van der Waals surface area contributed by atoms with Crippen LogP contribution in [0, 0.1) is 0 Å². The Morgan fingerprint density at radius 2 is 1.38 bits per heavy atom. The van der Waals surface area contributed by atoms with Crippen molar-refractivity contribution in [3.8, 4) is 0 Å². The number of carboxylic acid groups (broad SMARTS) is 2. The van der Waals surface area contributed by atoms with Gasteiger partial charge in [-0.25, -0.2) is 0 Å². The molecular weight excluding hydrogens is 141 g/mol. The maximum atomic E-state index is 8.36. The van der Waals surface area contributed by atoms with Gasteiger partial charge in [0.1, 0.15) is 0 Å². The van der Waals surface area contributed by atoms with Gasteiger partial charge in [0, 0.05) is 6.47 Å². The summed E-state index contributed by atoms with van der Waals surface area (Å²) in [6, 6.07) is 0. The van der Waals surface area contributed by atoms with Crippen molar-refractivity contribution in [2.45, 2.75) is 0 Å². The molecule has 4 N–H and O–H groups in total. The molecule has 0 rings (SSSR count). The van der Waals surface area contributed by atoms with Gasteiger partial charge in [-0.15, -0.1) is 0 Å². The summed E-state index contributed by atoms with van der Waals surface area (Å²) in [7, 11) is 0. The minimum Gasteiger partial charge on any atom is -0.554 e. The number of rotatable bonds is 0. The van der Waals surface area contributed by atoms with Crippen molar-refractivity contribution in [1.29, 1.82) is 0 Å². The van der Waals surface area contributed by atoms with Gasteiger partial charge in [-0.2, -0.15) is 0 Å². The van der Waals surface area contributed by atoms with E-state index in [1.54, 1.807) is 0 Å². The number of hydrogen-bond acceptors (Lipinski definition) is 4. The molecule has 0 amide bonds. The van der Waals surface area contributed by atoms with Crippen LogP contribution in [0.25, 0.3) is 0 Å². The van der Waals surface area contributed by atoms with E-state index in [9.17, 15) is 0 Å². The largest absolute Gasteiger partial charge is 1.00 e. The van der Waals surface area contributed by atoms with Gasteiger partial charge in [0.2, 0.25) is 0 Å². The molecular formula is C2H6KNO4. The van der Waals surface area contributed by atoms with Gasteiger partial charge in [0.25, 0.3) is 6.47 Å². The van der Waals surface area contributed by atoms with Crippen LogP contribution < -0.4 is 62.6 Å². The van der Waals surface area contributed by atoms with E-state index in [2.05, 4.69) is 0 Å². The van der Waals surface area contributed by atoms with Crippen LogP contribution in [0.5, 0.6) is 0 Å². The summed E-state index contributed by atoms with van der Waals surface area (Å²) in [4.78, 5) is 16.6. The summed E-state index contributed by atoms with van der Waals surface area (Å²) in [6.45, 7) is -0.750. The molecule has 0 unspecified atom stereocenters. The Labute approximate surface area is 89.1 Å². The van der Waals surface area contributed by atoms with E-state index in [0.717, 1.165) is 0 Å². The fourth-order valence-electron chi connectivity index (χ4n) is 0. The maximum Gasteiger partial charge on any atom is 1.00 e. The predicted octanol–water partition coefficient (Wildman–Crippen LogP) is -4.77. The third-order valence-corrected chi connectivity index (χ3v) is 0. The first-order valence-electron chi connectivity index (χ1n) is 0.965. The van der Waals surface area contributed by atoms with Crippen molar-refractivity contribution in [2.24, 2.45) is 0 Å². The van der Waals surface area contributed by atoms with Crippen LogP contribution >= 0.6 is 0 Å². The first-order chi connectivity index (χ1) is 2.83. The molecule has 0 bridgehead atoms. The Hall–Kier alpha value is 0.536. The molecule has 0 heterocycles. The zero-order valence-corrected chi connectivity index (χ0v) is 7.66. The van der Waals surface area contributed by atoms with Crippen LogP contribution in [0.1, 0.15) is 0 Å². The van der Waals surface area contributed by atoms with Crippen molar-refractivity contribution >= 4 is 12.9 Å². The zero-order valence-electron chi connectivity index (χ0n) is 4.53. The number of carbonyl (C=O) groups is 2. The quantitative estimate of drug-likeness (QED) is 0.264. The summed E-state index contributed by atoms with van der Waals surface area (Å²) < 4.78 is 0. The minimum atomic E-state index is -0.500. The van der Waals surface area contributed by atoms with Crippen molar-refractivity contribution in [1.82, 2.24) is 6.15 Å². The van der Waals surface area contributed by atoms with Crippen LogP contribution in [0.15, 0.2) is 0 Å². The van der Waals surface area contributed by atoms with Crippen LogP contribution in [-0.4, -0.2) is 18.1 Å². The van der Waals surface area contributed by atoms with E-state index in [-0.39, 0.29) is 64.0 Å². The predicted molar refractivity (Wildman–Crippen MR) is 19.8 cm³/mol. The third kappa shape index (κ3) is 696. The first kappa shape index (κ1) is 23.6. The molecule has 0 aliphatic heterocycles. The molecule has 0 aromatic heterocycles. The Kier molecular flexibility index (Phi) is 147. The summed E-state index contributed by atoms with van der Waals surface area (Å²) in [5, 5.41) is 15.1. The molecule has 0 aromatic carbocycles. The summed E-state index contributed by atoms with van der Waals surface area (Å²) in [6.07, 6.45) is 0. The molecule has 0 radical (unpaired) electrons. The molecule has 0 atom stereocenters. The van der Waals surface area contributed by atoms with Gasteiger partial charge in [0.05, 0.1) is 0 Å². The number of carbonyl (C=O) groups excluding carboxylic acids is 1. The molecule has 0 saturated heterocycles. The standard InChI is InChI=1S/2CH2O2.K.H3N/c2*2-1-3;;/h2*1H,(H,2,3);;1H3/q;;+1;/p-1. The van der Waals surface area contributed by atoms with E-state index < -0.39 is 6.47 Å². The number of hydrogen-bond donors (Lipinski definition) is 2. The van der Waals surface area contributed by atoms with Gasteiger partial charge >= 0.3 is 51.4 Å². The second-order valence-electron chi connectivity index (χ2n) is 0.202. The van der Waals surface area contributed by atoms with E-state index in [4.69, 9.17) is 19.8 Å². The van der Waals surface area contributed by atoms with Crippen molar-refractivity contribution in [3.05, 3.63) is 0 Å². The molecule has 0 fully saturated rings. The summed E-state index contributed by atoms with van der Waals surface area (Å²) in [5.41, 5.74) is 0. The SMILES string of the molecule is N.O=CO.O=C[O-].[K+]. The van der Waals surface area contributed by atoms with Crippen LogP contribution in [0.2, 0.25) is 0 Å². The Morgan fingerprint density at radius 1 is 1.38 bits per heavy atom. The Morgan fingerprint density at radius 3 is 1.38 bits per heavy atom. The van der Waals surface area contributed by atoms with Gasteiger partial charge in [-0.05, 0) is 0 Å². The Bertz CT molecular complexity index is 35.0. The summed E-state index contributed by atoms with van der Waals surface area (Å²) >= 11 is 0. The van der Waals surface area contributed by atoms with Crippen LogP contribution in [0.3, 0.4) is 0 Å². The van der Waals surface area contributed by atoms with E-state index in [0.29, 0.717) is 0 Å². The molecule has 0 aromatic rings. The molecule has 5 nitrogen and oxygen atoms in total. The summed E-state index contributed by atoms with van der Waals surface area (Å²) in [5.74, 6) is 0. The van der Waals surface area contributed by atoms with Gasteiger partial charge in [-0.3, -0.25) is 4.79 Å². The molecule has 0 saturated carbocycles. The smallest absolute Gasteiger partial charge is 0.554 e. The van der Waals surface area contributed by atoms with E-state index in [1.165, 1.54) is 0 Å². The first-order valence-corrected chi connectivity index (χ1v) is 0.965. The van der Waals surface area contributed by atoms with Crippen molar-refractivity contribution < 1.29 is 71.2 Å². The topological polar surface area (TPSA) is 112 Å².